The van der Waals surface area contributed by atoms with Gasteiger partial charge in [-0.1, -0.05) is 43.5 Å². The van der Waals surface area contributed by atoms with E-state index in [1.165, 1.54) is 0 Å². The van der Waals surface area contributed by atoms with E-state index in [2.05, 4.69) is 10.3 Å². The lowest BCUT2D eigenvalue weighted by Gasteiger charge is -2.53. The molecule has 1 aliphatic heterocycles. The van der Waals surface area contributed by atoms with Crippen molar-refractivity contribution in [3.63, 3.8) is 0 Å². The maximum Gasteiger partial charge on any atom is 0.254 e. The third-order valence-corrected chi connectivity index (χ3v) is 7.15. The summed E-state index contributed by atoms with van der Waals surface area (Å²) in [5, 5.41) is 4.27. The van der Waals surface area contributed by atoms with Gasteiger partial charge in [-0.15, -0.1) is 0 Å². The van der Waals surface area contributed by atoms with E-state index in [1.807, 2.05) is 59.6 Å². The highest BCUT2D eigenvalue weighted by Crippen LogP contribution is 2.49. The maximum atomic E-state index is 13.9. The molecule has 1 saturated carbocycles. The fourth-order valence-corrected chi connectivity index (χ4v) is 5.69. The molecule has 2 heterocycles. The number of hydrogen-bond acceptors (Lipinski definition) is 3. The molecule has 1 aromatic heterocycles. The number of rotatable bonds is 5. The highest BCUT2D eigenvalue weighted by Gasteiger charge is 2.54. The van der Waals surface area contributed by atoms with Gasteiger partial charge in [-0.3, -0.25) is 9.59 Å². The molecule has 6 heteroatoms. The second-order valence-corrected chi connectivity index (χ2v) is 8.90. The maximum absolute atomic E-state index is 13.9. The van der Waals surface area contributed by atoms with Crippen LogP contribution in [0, 0.1) is 0 Å². The molecule has 0 saturated heterocycles. The fraction of sp³-hybridized carbons (Fsp3) is 0.385. The molecular weight excluding hydrogens is 402 g/mol. The molecule has 1 fully saturated rings. The quantitative estimate of drug-likeness (QED) is 0.615. The zero-order chi connectivity index (χ0) is 22.1. The van der Waals surface area contributed by atoms with Gasteiger partial charge in [0.05, 0.1) is 18.1 Å². The number of fused-ring (bicyclic) bond motifs is 2. The van der Waals surface area contributed by atoms with Crippen LogP contribution in [0.1, 0.15) is 53.9 Å². The molecule has 2 amide bonds. The summed E-state index contributed by atoms with van der Waals surface area (Å²) in [5.41, 5.74) is 2.68. The van der Waals surface area contributed by atoms with Gasteiger partial charge >= 0.3 is 0 Å². The average molecular weight is 432 g/mol. The Morgan fingerprint density at radius 2 is 1.97 bits per heavy atom. The molecule has 166 valence electrons. The molecule has 2 aromatic carbocycles. The van der Waals surface area contributed by atoms with Crippen LogP contribution in [0.2, 0.25) is 0 Å². The van der Waals surface area contributed by atoms with Crippen LogP contribution >= 0.6 is 0 Å². The van der Waals surface area contributed by atoms with Crippen LogP contribution in [0.25, 0.3) is 10.9 Å². The van der Waals surface area contributed by atoms with Crippen LogP contribution in [0.3, 0.4) is 0 Å². The molecule has 32 heavy (non-hydrogen) atoms. The Morgan fingerprint density at radius 1 is 1.16 bits per heavy atom. The van der Waals surface area contributed by atoms with Crippen LogP contribution in [0.15, 0.2) is 54.7 Å². The van der Waals surface area contributed by atoms with Crippen molar-refractivity contribution in [2.75, 3.05) is 25.6 Å². The van der Waals surface area contributed by atoms with Gasteiger partial charge in [0.1, 0.15) is 0 Å². The van der Waals surface area contributed by atoms with Crippen molar-refractivity contribution in [2.24, 2.45) is 0 Å². The van der Waals surface area contributed by atoms with Gasteiger partial charge in [-0.2, -0.15) is 0 Å². The monoisotopic (exact) mass is 431 g/mol. The van der Waals surface area contributed by atoms with E-state index in [0.29, 0.717) is 18.7 Å². The number of methoxy groups -OCH3 is 1. The molecule has 5 rings (SSSR count). The van der Waals surface area contributed by atoms with Crippen molar-refractivity contribution in [3.05, 3.63) is 65.9 Å². The fourth-order valence-electron chi connectivity index (χ4n) is 5.69. The summed E-state index contributed by atoms with van der Waals surface area (Å²) >= 11 is 0. The largest absolute Gasteiger partial charge is 0.383 e. The molecule has 1 atom stereocenters. The number of nitrogens with one attached hydrogen (secondary N) is 2. The first kappa shape index (κ1) is 20.8. The minimum absolute atomic E-state index is 0.0106. The van der Waals surface area contributed by atoms with Crippen LogP contribution in [0.4, 0.5) is 5.69 Å². The van der Waals surface area contributed by atoms with E-state index in [-0.39, 0.29) is 11.8 Å². The number of H-pyrrole nitrogens is 1. The van der Waals surface area contributed by atoms with E-state index in [9.17, 15) is 9.59 Å². The average Bonchev–Trinajstić information content (AvgIpc) is 3.28. The number of ether oxygens (including phenoxy) is 1. The highest BCUT2D eigenvalue weighted by atomic mass is 16.5. The highest BCUT2D eigenvalue weighted by molar-refractivity contribution is 6.05. The summed E-state index contributed by atoms with van der Waals surface area (Å²) in [5.74, 6) is -0.468. The first-order valence-corrected chi connectivity index (χ1v) is 11.4. The summed E-state index contributed by atoms with van der Waals surface area (Å²) in [4.78, 5) is 32.6. The Kier molecular flexibility index (Phi) is 5.47. The van der Waals surface area contributed by atoms with E-state index in [4.69, 9.17) is 4.74 Å². The van der Waals surface area contributed by atoms with Gasteiger partial charge in [0.2, 0.25) is 5.91 Å². The van der Waals surface area contributed by atoms with Gasteiger partial charge in [-0.25, -0.2) is 0 Å². The normalized spacial score (nSPS) is 19.8. The summed E-state index contributed by atoms with van der Waals surface area (Å²) in [6.45, 7) is 0.940. The number of amides is 2. The standard InChI is InChI=1S/C26H29N3O3/c1-32-16-15-29-25(31)21-8-4-3-7-20(21)23(26(29)12-5-2-6-13-26)24(30)28-19-10-9-18-11-14-27-22(18)17-19/h3-4,7-11,14,17,23,27H,2,5-6,12-13,15-16H2,1H3,(H,28,30)/t23-/m0/s1. The van der Waals surface area contributed by atoms with Crippen LogP contribution in [-0.2, 0) is 9.53 Å². The van der Waals surface area contributed by atoms with Crippen LogP contribution in [-0.4, -0.2) is 47.5 Å². The first-order valence-electron chi connectivity index (χ1n) is 11.4. The van der Waals surface area contributed by atoms with Crippen molar-refractivity contribution >= 4 is 28.4 Å². The first-order chi connectivity index (χ1) is 15.6. The topological polar surface area (TPSA) is 74.4 Å². The van der Waals surface area contributed by atoms with Crippen LogP contribution < -0.4 is 5.32 Å². The predicted molar refractivity (Wildman–Crippen MR) is 125 cm³/mol. The molecule has 2 aliphatic rings. The van der Waals surface area contributed by atoms with Crippen molar-refractivity contribution in [2.45, 2.75) is 43.6 Å². The number of anilines is 1. The number of carbonyl (C=O) groups is 2. The minimum Gasteiger partial charge on any atom is -0.383 e. The number of benzene rings is 2. The van der Waals surface area contributed by atoms with Crippen molar-refractivity contribution < 1.29 is 14.3 Å². The van der Waals surface area contributed by atoms with E-state index >= 15 is 0 Å². The molecule has 2 N–H and O–H groups in total. The van der Waals surface area contributed by atoms with Gasteiger partial charge < -0.3 is 19.9 Å². The molecule has 6 nitrogen and oxygen atoms in total. The molecule has 3 aromatic rings. The lowest BCUT2D eigenvalue weighted by molar-refractivity contribution is -0.122. The zero-order valence-electron chi connectivity index (χ0n) is 18.4. The third-order valence-electron chi connectivity index (χ3n) is 7.15. The van der Waals surface area contributed by atoms with E-state index < -0.39 is 11.5 Å². The number of aromatic nitrogens is 1. The molecule has 0 unspecified atom stereocenters. The summed E-state index contributed by atoms with van der Waals surface area (Å²) < 4.78 is 5.34. The van der Waals surface area contributed by atoms with Crippen molar-refractivity contribution in [1.29, 1.82) is 0 Å². The van der Waals surface area contributed by atoms with Crippen LogP contribution in [0.5, 0.6) is 0 Å². The summed E-state index contributed by atoms with van der Waals surface area (Å²) in [7, 11) is 1.65. The van der Waals surface area contributed by atoms with Crippen molar-refractivity contribution in [1.82, 2.24) is 9.88 Å². The molecule has 1 spiro atoms. The molecular formula is C26H29N3O3. The smallest absolute Gasteiger partial charge is 0.254 e. The van der Waals surface area contributed by atoms with Gasteiger partial charge in [-0.05, 0) is 48.1 Å². The molecule has 1 aliphatic carbocycles. The lowest BCUT2D eigenvalue weighted by Crippen LogP contribution is -2.62. The number of hydrogen-bond donors (Lipinski definition) is 2. The summed E-state index contributed by atoms with van der Waals surface area (Å²) in [6.07, 6.45) is 6.70. The second-order valence-electron chi connectivity index (χ2n) is 8.90. The Labute approximate surface area is 187 Å². The van der Waals surface area contributed by atoms with Gasteiger partial charge in [0.15, 0.2) is 0 Å². The Bertz CT molecular complexity index is 1150. The zero-order valence-corrected chi connectivity index (χ0v) is 18.4. The Hall–Kier alpha value is -3.12. The second kappa shape index (κ2) is 8.43. The third kappa shape index (κ3) is 3.39. The Morgan fingerprint density at radius 3 is 2.78 bits per heavy atom. The van der Waals surface area contributed by atoms with Gasteiger partial charge in [0, 0.05) is 36.6 Å². The molecule has 0 bridgehead atoms. The Balaban J connectivity index is 1.58. The van der Waals surface area contributed by atoms with Gasteiger partial charge in [0.25, 0.3) is 5.91 Å². The van der Waals surface area contributed by atoms with Crippen molar-refractivity contribution in [3.8, 4) is 0 Å². The lowest BCUT2D eigenvalue weighted by atomic mass is 9.65. The molecule has 0 radical (unpaired) electrons. The van der Waals surface area contributed by atoms with E-state index in [1.54, 1.807) is 7.11 Å². The van der Waals surface area contributed by atoms with E-state index in [0.717, 1.165) is 54.3 Å². The number of carbonyl (C=O) groups excluding carboxylic acids is 2. The number of aromatic amines is 1. The number of nitrogens with zero attached hydrogens (tertiary/aromatic N) is 1. The summed E-state index contributed by atoms with van der Waals surface area (Å²) in [6, 6.07) is 15.5. The SMILES string of the molecule is COCCN1C(=O)c2ccccc2[C@@H](C(=O)Nc2ccc3cc[nH]c3c2)C12CCCCC2. The predicted octanol–water partition coefficient (Wildman–Crippen LogP) is 4.70. The minimum atomic E-state index is -0.525.